The van der Waals surface area contributed by atoms with Crippen molar-refractivity contribution < 1.29 is 63.7 Å². The zero-order valence-corrected chi connectivity index (χ0v) is 29.7. The van der Waals surface area contributed by atoms with Crippen LogP contribution in [0.3, 0.4) is 0 Å². The van der Waals surface area contributed by atoms with Crippen molar-refractivity contribution in [2.75, 3.05) is 34.5 Å². The Hall–Kier alpha value is -5.04. The number of nitrogens with zero attached hydrogens (tertiary/aromatic N) is 2. The molecule has 2 aromatic carbocycles. The summed E-state index contributed by atoms with van der Waals surface area (Å²) in [6, 6.07) is 4.30. The van der Waals surface area contributed by atoms with E-state index in [9.17, 15) is 44.4 Å². The first-order valence-corrected chi connectivity index (χ1v) is 16.7. The fourth-order valence-corrected chi connectivity index (χ4v) is 6.64. The minimum atomic E-state index is -0.631. The summed E-state index contributed by atoms with van der Waals surface area (Å²) in [6.45, 7) is 1.14. The molecule has 0 radical (unpaired) electrons. The number of amides is 3. The van der Waals surface area contributed by atoms with Crippen LogP contribution in [0.15, 0.2) is 35.5 Å². The second-order valence-electron chi connectivity index (χ2n) is 12.5. The molecule has 8 N–H and O–H groups in total. The number of carbonyl (C=O) groups excluding carboxylic acids is 5. The molecule has 17 heteroatoms. The first-order chi connectivity index (χ1) is 25.3. The van der Waals surface area contributed by atoms with E-state index in [0.29, 0.717) is 18.4 Å². The van der Waals surface area contributed by atoms with Gasteiger partial charge in [-0.1, -0.05) is 12.1 Å². The third-order valence-electron chi connectivity index (χ3n) is 9.46. The Morgan fingerprint density at radius 2 is 1.66 bits per heavy atom. The van der Waals surface area contributed by atoms with E-state index in [2.05, 4.69) is 10.5 Å². The lowest BCUT2D eigenvalue weighted by molar-refractivity contribution is -0.211. The number of methoxy groups -OCH3 is 2. The molecule has 5 unspecified atom stereocenters. The van der Waals surface area contributed by atoms with Crippen molar-refractivity contribution in [3.05, 3.63) is 63.7 Å². The highest BCUT2D eigenvalue weighted by Crippen LogP contribution is 2.47. The molecular formula is C36H44N4O13. The van der Waals surface area contributed by atoms with Gasteiger partial charge >= 0.3 is 0 Å². The van der Waals surface area contributed by atoms with Crippen molar-refractivity contribution in [1.82, 2.24) is 10.3 Å². The van der Waals surface area contributed by atoms with Gasteiger partial charge in [0.25, 0.3) is 11.8 Å². The third kappa shape index (κ3) is 8.30. The summed E-state index contributed by atoms with van der Waals surface area (Å²) in [5.41, 5.74) is 8.22. The number of imide groups is 1. The van der Waals surface area contributed by atoms with E-state index in [0.717, 1.165) is 24.2 Å². The number of fused-ring (bicyclic) bond motifs is 3. The van der Waals surface area contributed by atoms with Crippen LogP contribution in [0.2, 0.25) is 0 Å². The Morgan fingerprint density at radius 1 is 1.02 bits per heavy atom. The molecule has 53 heavy (non-hydrogen) atoms. The summed E-state index contributed by atoms with van der Waals surface area (Å²) in [7, 11) is 3.94. The second kappa shape index (κ2) is 17.7. The SMILES string of the molecule is CO.COC1CC(N)C(O)C(C)O1.COc1cccc2c1C(=O)c1c(O)c3c(c(O)c1C2=O)CC(/C(CO)=N/NC(=O)CCN1C(=O)C=CC1=O)CC3. The largest absolute Gasteiger partial charge is 0.507 e. The molecule has 0 saturated carbocycles. The molecule has 286 valence electrons. The highest BCUT2D eigenvalue weighted by molar-refractivity contribution is 6.31. The molecule has 6 rings (SSSR count). The van der Waals surface area contributed by atoms with E-state index in [4.69, 9.17) is 25.1 Å². The van der Waals surface area contributed by atoms with Gasteiger partial charge in [0.15, 0.2) is 12.1 Å². The molecule has 0 spiro atoms. The second-order valence-corrected chi connectivity index (χ2v) is 12.5. The minimum Gasteiger partial charge on any atom is -0.507 e. The smallest absolute Gasteiger partial charge is 0.253 e. The van der Waals surface area contributed by atoms with Crippen molar-refractivity contribution in [2.45, 2.75) is 63.6 Å². The van der Waals surface area contributed by atoms with Crippen molar-refractivity contribution >= 4 is 35.0 Å². The standard InChI is InChI=1S/C28H25N3O9.C7H15NO3.CH4O/c1-40-18-4-2-3-15-22(18)28(39)24-23(26(15)37)27(38)16-11-13(5-6-14(16)25(24)36)17(12-32)29-30-19(33)9-10-31-20(34)7-8-21(31)35;1-4-7(9)5(8)3-6(10-2)11-4;1-2/h2-4,7-8,13,32,36,38H,5-6,9-12H2,1H3,(H,30,33);4-7,9H,3,8H2,1-2H3;2H,1H3/b29-17+;;. The predicted octanol–water partition coefficient (Wildman–Crippen LogP) is -0.169. The van der Waals surface area contributed by atoms with Crippen molar-refractivity contribution in [3.8, 4) is 17.2 Å². The van der Waals surface area contributed by atoms with E-state index in [1.807, 2.05) is 0 Å². The summed E-state index contributed by atoms with van der Waals surface area (Å²) in [6.07, 6.45) is 2.17. The maximum atomic E-state index is 13.4. The molecule has 2 aromatic rings. The first kappa shape index (κ1) is 40.7. The molecule has 0 aromatic heterocycles. The number of nitrogens with two attached hydrogens (primary N) is 1. The van der Waals surface area contributed by atoms with Crippen LogP contribution in [0.5, 0.6) is 17.2 Å². The van der Waals surface area contributed by atoms with Gasteiger partial charge in [-0.2, -0.15) is 5.10 Å². The number of hydrogen-bond donors (Lipinski definition) is 7. The zero-order chi connectivity index (χ0) is 39.1. The van der Waals surface area contributed by atoms with Crippen molar-refractivity contribution in [2.24, 2.45) is 16.8 Å². The van der Waals surface area contributed by atoms with Crippen LogP contribution in [0.4, 0.5) is 0 Å². The van der Waals surface area contributed by atoms with Crippen LogP contribution in [0.1, 0.15) is 69.2 Å². The predicted molar refractivity (Wildman–Crippen MR) is 186 cm³/mol. The number of rotatable bonds is 8. The van der Waals surface area contributed by atoms with E-state index < -0.39 is 53.7 Å². The molecule has 4 aliphatic rings. The fraction of sp³-hybridized carbons (Fsp3) is 0.444. The molecule has 5 atom stereocenters. The normalized spacial score (nSPS) is 23.2. The summed E-state index contributed by atoms with van der Waals surface area (Å²) in [4.78, 5) is 63.2. The molecule has 0 bridgehead atoms. The van der Waals surface area contributed by atoms with Gasteiger partial charge in [-0.3, -0.25) is 28.9 Å². The number of benzene rings is 2. The molecular weight excluding hydrogens is 696 g/mol. The van der Waals surface area contributed by atoms with Crippen LogP contribution in [0.25, 0.3) is 0 Å². The van der Waals surface area contributed by atoms with Gasteiger partial charge in [0, 0.05) is 74.4 Å². The van der Waals surface area contributed by atoms with Crippen LogP contribution >= 0.6 is 0 Å². The van der Waals surface area contributed by atoms with Crippen LogP contribution in [0, 0.1) is 5.92 Å². The number of hydrogen-bond acceptors (Lipinski definition) is 15. The molecule has 2 aliphatic carbocycles. The minimum absolute atomic E-state index is 0.0194. The van der Waals surface area contributed by atoms with Crippen LogP contribution in [-0.4, -0.2) is 124 Å². The molecule has 2 aliphatic heterocycles. The Morgan fingerprint density at radius 3 is 2.26 bits per heavy atom. The average Bonchev–Trinajstić information content (AvgIpc) is 3.49. The van der Waals surface area contributed by atoms with E-state index >= 15 is 0 Å². The van der Waals surface area contributed by atoms with Gasteiger partial charge in [-0.25, -0.2) is 5.43 Å². The maximum absolute atomic E-state index is 13.4. The van der Waals surface area contributed by atoms with E-state index in [1.54, 1.807) is 20.1 Å². The number of phenols is 2. The van der Waals surface area contributed by atoms with E-state index in [-0.39, 0.29) is 89.3 Å². The highest BCUT2D eigenvalue weighted by Gasteiger charge is 2.41. The fourth-order valence-electron chi connectivity index (χ4n) is 6.64. The van der Waals surface area contributed by atoms with Crippen LogP contribution in [-0.2, 0) is 36.7 Å². The summed E-state index contributed by atoms with van der Waals surface area (Å²) < 4.78 is 15.5. The topological polar surface area (TPSA) is 268 Å². The van der Waals surface area contributed by atoms with Gasteiger partial charge < -0.3 is 45.5 Å². The highest BCUT2D eigenvalue weighted by atomic mass is 16.7. The number of aliphatic hydroxyl groups excluding tert-OH is 3. The number of aromatic hydroxyl groups is 2. The van der Waals surface area contributed by atoms with Crippen molar-refractivity contribution in [1.29, 1.82) is 0 Å². The Balaban J connectivity index is 0.000000411. The summed E-state index contributed by atoms with van der Waals surface area (Å²) >= 11 is 0. The quantitative estimate of drug-likeness (QED) is 0.0685. The lowest BCUT2D eigenvalue weighted by Gasteiger charge is -2.35. The molecule has 3 amide bonds. The molecule has 17 nitrogen and oxygen atoms in total. The van der Waals surface area contributed by atoms with Gasteiger partial charge in [-0.15, -0.1) is 0 Å². The number of ketones is 2. The summed E-state index contributed by atoms with van der Waals surface area (Å²) in [5.74, 6) is -3.95. The number of carbonyl (C=O) groups is 5. The average molecular weight is 741 g/mol. The zero-order valence-electron chi connectivity index (χ0n) is 29.7. The van der Waals surface area contributed by atoms with Gasteiger partial charge in [0.2, 0.25) is 11.7 Å². The number of phenolic OH excluding ortho intramolecular Hbond substituents is 2. The summed E-state index contributed by atoms with van der Waals surface area (Å²) in [5, 5.41) is 52.6. The maximum Gasteiger partial charge on any atom is 0.253 e. The number of nitrogens with one attached hydrogen (secondary N) is 1. The number of hydrazone groups is 1. The van der Waals surface area contributed by atoms with Gasteiger partial charge in [0.05, 0.1) is 48.3 Å². The monoisotopic (exact) mass is 740 g/mol. The van der Waals surface area contributed by atoms with Crippen LogP contribution < -0.4 is 15.9 Å². The Labute approximate surface area is 304 Å². The Bertz CT molecular complexity index is 1790. The molecule has 1 saturated heterocycles. The molecule has 2 heterocycles. The number of aliphatic hydroxyl groups is 3. The lowest BCUT2D eigenvalue weighted by atomic mass is 9.74. The molecule has 1 fully saturated rings. The van der Waals surface area contributed by atoms with Gasteiger partial charge in [0.1, 0.15) is 17.2 Å². The third-order valence-corrected chi connectivity index (χ3v) is 9.46. The Kier molecular flexibility index (Phi) is 13.6. The number of ether oxygens (including phenoxy) is 3. The van der Waals surface area contributed by atoms with Gasteiger partial charge in [-0.05, 0) is 32.3 Å². The first-order valence-electron chi connectivity index (χ1n) is 16.7. The van der Waals surface area contributed by atoms with Crippen molar-refractivity contribution in [3.63, 3.8) is 0 Å². The lowest BCUT2D eigenvalue weighted by Crippen LogP contribution is -2.51. The van der Waals surface area contributed by atoms with E-state index in [1.165, 1.54) is 19.2 Å².